The number of H-pyrrole nitrogens is 1. The SMILES string of the molecule is COc1ccc2c(Nc3ncnc(N)c3-c3ccccn3)n[nH]c2c1. The minimum atomic E-state index is 0.345. The molecule has 4 aromatic rings. The molecule has 0 saturated carbocycles. The number of nitrogens with one attached hydrogen (secondary N) is 2. The summed E-state index contributed by atoms with van der Waals surface area (Å²) in [6.45, 7) is 0. The monoisotopic (exact) mass is 333 g/mol. The maximum absolute atomic E-state index is 6.06. The average molecular weight is 333 g/mol. The van der Waals surface area contributed by atoms with Crippen LogP contribution in [0, 0.1) is 0 Å². The summed E-state index contributed by atoms with van der Waals surface area (Å²) in [6, 6.07) is 11.2. The lowest BCUT2D eigenvalue weighted by Crippen LogP contribution is -2.03. The third-order valence-corrected chi connectivity index (χ3v) is 3.80. The van der Waals surface area contributed by atoms with Crippen molar-refractivity contribution < 1.29 is 4.74 Å². The molecule has 25 heavy (non-hydrogen) atoms. The van der Waals surface area contributed by atoms with Crippen LogP contribution < -0.4 is 15.8 Å². The molecule has 0 unspecified atom stereocenters. The van der Waals surface area contributed by atoms with E-state index in [4.69, 9.17) is 10.5 Å². The number of hydrogen-bond acceptors (Lipinski definition) is 7. The summed E-state index contributed by atoms with van der Waals surface area (Å²) >= 11 is 0. The number of ether oxygens (including phenoxy) is 1. The number of benzene rings is 1. The van der Waals surface area contributed by atoms with Gasteiger partial charge in [-0.3, -0.25) is 10.1 Å². The summed E-state index contributed by atoms with van der Waals surface area (Å²) in [5.41, 5.74) is 8.22. The molecule has 0 amide bonds. The van der Waals surface area contributed by atoms with Crippen LogP contribution in [0.3, 0.4) is 0 Å². The number of anilines is 3. The normalized spacial score (nSPS) is 10.8. The Hall–Kier alpha value is -3.68. The number of aromatic amines is 1. The molecular formula is C17H15N7O. The highest BCUT2D eigenvalue weighted by Gasteiger charge is 2.15. The summed E-state index contributed by atoms with van der Waals surface area (Å²) in [6.07, 6.45) is 3.10. The number of hydrogen-bond donors (Lipinski definition) is 3. The zero-order valence-electron chi connectivity index (χ0n) is 13.4. The smallest absolute Gasteiger partial charge is 0.161 e. The van der Waals surface area contributed by atoms with Gasteiger partial charge in [0.2, 0.25) is 0 Å². The number of rotatable bonds is 4. The van der Waals surface area contributed by atoms with Crippen LogP contribution in [0.2, 0.25) is 0 Å². The van der Waals surface area contributed by atoms with E-state index in [0.717, 1.165) is 16.7 Å². The first-order chi connectivity index (χ1) is 12.3. The Morgan fingerprint density at radius 3 is 2.80 bits per heavy atom. The van der Waals surface area contributed by atoms with Crippen molar-refractivity contribution in [2.45, 2.75) is 0 Å². The van der Waals surface area contributed by atoms with Gasteiger partial charge in [-0.2, -0.15) is 5.10 Å². The molecule has 0 bridgehead atoms. The summed E-state index contributed by atoms with van der Waals surface area (Å²) in [5.74, 6) is 2.27. The van der Waals surface area contributed by atoms with Crippen LogP contribution >= 0.6 is 0 Å². The minimum Gasteiger partial charge on any atom is -0.497 e. The van der Waals surface area contributed by atoms with Crippen LogP contribution in [-0.2, 0) is 0 Å². The molecule has 3 aromatic heterocycles. The summed E-state index contributed by atoms with van der Waals surface area (Å²) in [5, 5.41) is 11.4. The molecule has 0 aliphatic heterocycles. The predicted molar refractivity (Wildman–Crippen MR) is 95.6 cm³/mol. The molecule has 0 atom stereocenters. The van der Waals surface area contributed by atoms with E-state index in [1.54, 1.807) is 13.3 Å². The Morgan fingerprint density at radius 1 is 1.08 bits per heavy atom. The lowest BCUT2D eigenvalue weighted by atomic mass is 10.1. The fourth-order valence-corrected chi connectivity index (χ4v) is 2.59. The van der Waals surface area contributed by atoms with Gasteiger partial charge in [0.15, 0.2) is 5.82 Å². The van der Waals surface area contributed by atoms with E-state index in [1.165, 1.54) is 6.33 Å². The van der Waals surface area contributed by atoms with Gasteiger partial charge in [0.05, 0.1) is 23.9 Å². The fourth-order valence-electron chi connectivity index (χ4n) is 2.59. The highest BCUT2D eigenvalue weighted by atomic mass is 16.5. The van der Waals surface area contributed by atoms with E-state index < -0.39 is 0 Å². The highest BCUT2D eigenvalue weighted by Crippen LogP contribution is 2.32. The van der Waals surface area contributed by atoms with Crippen molar-refractivity contribution in [3.8, 4) is 17.0 Å². The third kappa shape index (κ3) is 2.69. The van der Waals surface area contributed by atoms with Crippen molar-refractivity contribution in [2.75, 3.05) is 18.2 Å². The topological polar surface area (TPSA) is 115 Å². The molecule has 0 fully saturated rings. The Kier molecular flexibility index (Phi) is 3.62. The van der Waals surface area contributed by atoms with Crippen LogP contribution in [0.1, 0.15) is 0 Å². The molecule has 0 spiro atoms. The Bertz CT molecular complexity index is 1030. The first-order valence-electron chi connectivity index (χ1n) is 7.57. The molecule has 4 rings (SSSR count). The van der Waals surface area contributed by atoms with E-state index >= 15 is 0 Å². The largest absolute Gasteiger partial charge is 0.497 e. The number of nitrogen functional groups attached to an aromatic ring is 1. The van der Waals surface area contributed by atoms with E-state index in [9.17, 15) is 0 Å². The van der Waals surface area contributed by atoms with Crippen molar-refractivity contribution in [2.24, 2.45) is 0 Å². The quantitative estimate of drug-likeness (QED) is 0.526. The Balaban J connectivity index is 1.78. The summed E-state index contributed by atoms with van der Waals surface area (Å²) in [7, 11) is 1.62. The number of nitrogens with zero attached hydrogens (tertiary/aromatic N) is 4. The second-order valence-electron chi connectivity index (χ2n) is 5.31. The van der Waals surface area contributed by atoms with Crippen LogP contribution in [0.25, 0.3) is 22.2 Å². The number of aromatic nitrogens is 5. The van der Waals surface area contributed by atoms with Gasteiger partial charge in [-0.1, -0.05) is 6.07 Å². The van der Waals surface area contributed by atoms with Gasteiger partial charge in [-0.25, -0.2) is 9.97 Å². The second kappa shape index (κ2) is 6.08. The number of methoxy groups -OCH3 is 1. The van der Waals surface area contributed by atoms with Gasteiger partial charge < -0.3 is 15.8 Å². The lowest BCUT2D eigenvalue weighted by molar-refractivity contribution is 0.415. The van der Waals surface area contributed by atoms with E-state index in [0.29, 0.717) is 28.7 Å². The van der Waals surface area contributed by atoms with Crippen molar-refractivity contribution >= 4 is 28.4 Å². The lowest BCUT2D eigenvalue weighted by Gasteiger charge is -2.10. The molecule has 8 heteroatoms. The van der Waals surface area contributed by atoms with Gasteiger partial charge in [0.25, 0.3) is 0 Å². The van der Waals surface area contributed by atoms with Crippen LogP contribution in [0.5, 0.6) is 5.75 Å². The zero-order chi connectivity index (χ0) is 17.2. The maximum atomic E-state index is 6.06. The summed E-state index contributed by atoms with van der Waals surface area (Å²) in [4.78, 5) is 12.7. The van der Waals surface area contributed by atoms with Crippen LogP contribution in [0.15, 0.2) is 48.9 Å². The van der Waals surface area contributed by atoms with E-state index in [1.807, 2.05) is 36.4 Å². The molecular weight excluding hydrogens is 318 g/mol. The average Bonchev–Trinajstić information content (AvgIpc) is 3.04. The van der Waals surface area contributed by atoms with Crippen LogP contribution in [0.4, 0.5) is 17.5 Å². The van der Waals surface area contributed by atoms with Gasteiger partial charge in [0.1, 0.15) is 23.7 Å². The standard InChI is InChI=1S/C17H15N7O/c1-25-10-5-6-11-13(8-10)23-24-16(11)22-17-14(15(18)20-9-21-17)12-4-2-3-7-19-12/h2-9H,1H3,(H4,18,20,21,22,23,24). The highest BCUT2D eigenvalue weighted by molar-refractivity contribution is 5.94. The predicted octanol–water partition coefficient (Wildman–Crippen LogP) is 2.75. The molecule has 4 N–H and O–H groups in total. The van der Waals surface area contributed by atoms with Gasteiger partial charge in [-0.15, -0.1) is 0 Å². The molecule has 0 aliphatic rings. The summed E-state index contributed by atoms with van der Waals surface area (Å²) < 4.78 is 5.23. The van der Waals surface area contributed by atoms with Gasteiger partial charge >= 0.3 is 0 Å². The first kappa shape index (κ1) is 14.9. The molecule has 0 saturated heterocycles. The second-order valence-corrected chi connectivity index (χ2v) is 5.31. The number of fused-ring (bicyclic) bond motifs is 1. The molecule has 8 nitrogen and oxygen atoms in total. The van der Waals surface area contributed by atoms with Gasteiger partial charge in [0, 0.05) is 17.6 Å². The van der Waals surface area contributed by atoms with Gasteiger partial charge in [-0.05, 0) is 24.3 Å². The van der Waals surface area contributed by atoms with Crippen molar-refractivity contribution in [1.82, 2.24) is 25.1 Å². The molecule has 3 heterocycles. The zero-order valence-corrected chi connectivity index (χ0v) is 13.4. The first-order valence-corrected chi connectivity index (χ1v) is 7.57. The molecule has 0 radical (unpaired) electrons. The van der Waals surface area contributed by atoms with Crippen molar-refractivity contribution in [3.63, 3.8) is 0 Å². The Labute approximate surface area is 143 Å². The van der Waals surface area contributed by atoms with Crippen LogP contribution in [-0.4, -0.2) is 32.3 Å². The molecule has 0 aliphatic carbocycles. The maximum Gasteiger partial charge on any atom is 0.161 e. The van der Waals surface area contributed by atoms with E-state index in [-0.39, 0.29) is 0 Å². The number of pyridine rings is 1. The third-order valence-electron chi connectivity index (χ3n) is 3.80. The Morgan fingerprint density at radius 2 is 2.00 bits per heavy atom. The molecule has 1 aromatic carbocycles. The fraction of sp³-hybridized carbons (Fsp3) is 0.0588. The van der Waals surface area contributed by atoms with Crippen molar-refractivity contribution in [1.29, 1.82) is 0 Å². The molecule has 124 valence electrons. The number of nitrogens with two attached hydrogens (primary N) is 1. The minimum absolute atomic E-state index is 0.345. The van der Waals surface area contributed by atoms with E-state index in [2.05, 4.69) is 30.5 Å². The van der Waals surface area contributed by atoms with Crippen molar-refractivity contribution in [3.05, 3.63) is 48.9 Å².